The van der Waals surface area contributed by atoms with E-state index < -0.39 is 11.0 Å². The third-order valence-electron chi connectivity index (χ3n) is 10.3. The molecule has 1 saturated heterocycles. The lowest BCUT2D eigenvalue weighted by atomic mass is 9.48. The van der Waals surface area contributed by atoms with Gasteiger partial charge < -0.3 is 19.8 Å². The number of benzene rings is 2. The maximum atomic E-state index is 13.5. The average molecular weight is 503 g/mol. The van der Waals surface area contributed by atoms with E-state index in [0.29, 0.717) is 31.4 Å². The highest BCUT2D eigenvalue weighted by Crippen LogP contribution is 2.66. The summed E-state index contributed by atoms with van der Waals surface area (Å²) in [6, 6.07) is 12.0. The van der Waals surface area contributed by atoms with Crippen LogP contribution in [-0.2, 0) is 23.1 Å². The van der Waals surface area contributed by atoms with E-state index in [9.17, 15) is 15.0 Å². The standard InChI is InChI=1S/C31H38N2O4/c1-19-4-3-5-20(16-19)8-11-26(35)32(2)23-12-13-31(36)25-17-22-9-10-24(34)28-27(22)30(31,29(23)37-28)14-15-33(25)18-21-6-7-21/h3-5,9-10,16,21,23,25,29,34,36H,6-8,11-15,17-18H2,1-2H3/t23?,25-,29?,30+,31-/m1/s1. The molecule has 0 aromatic heterocycles. The van der Waals surface area contributed by atoms with E-state index >= 15 is 0 Å². The predicted octanol–water partition coefficient (Wildman–Crippen LogP) is 3.72. The molecule has 1 spiro atoms. The molecule has 5 aliphatic rings. The number of likely N-dealkylation sites (tertiary alicyclic amines) is 1. The van der Waals surface area contributed by atoms with Crippen LogP contribution in [0.1, 0.15) is 60.8 Å². The Hall–Kier alpha value is -2.57. The van der Waals surface area contributed by atoms with E-state index in [-0.39, 0.29) is 29.8 Å². The summed E-state index contributed by atoms with van der Waals surface area (Å²) in [4.78, 5) is 17.9. The molecule has 2 aromatic rings. The minimum absolute atomic E-state index is 0.0548. The Bertz CT molecular complexity index is 1260. The van der Waals surface area contributed by atoms with Gasteiger partial charge in [-0.3, -0.25) is 9.69 Å². The van der Waals surface area contributed by atoms with Gasteiger partial charge in [0.15, 0.2) is 11.5 Å². The van der Waals surface area contributed by atoms with Gasteiger partial charge in [0.05, 0.1) is 17.1 Å². The number of phenolic OH excluding ortho intramolecular Hbond substituents is 1. The van der Waals surface area contributed by atoms with Crippen molar-refractivity contribution in [2.45, 2.75) is 87.5 Å². The maximum absolute atomic E-state index is 13.5. The quantitative estimate of drug-likeness (QED) is 0.630. The molecular weight excluding hydrogens is 464 g/mol. The molecule has 2 aromatic carbocycles. The highest BCUT2D eigenvalue weighted by molar-refractivity contribution is 5.77. The summed E-state index contributed by atoms with van der Waals surface area (Å²) in [5.41, 5.74) is 3.09. The summed E-state index contributed by atoms with van der Waals surface area (Å²) in [7, 11) is 1.90. The van der Waals surface area contributed by atoms with Gasteiger partial charge in [0.2, 0.25) is 5.91 Å². The van der Waals surface area contributed by atoms with E-state index in [1.54, 1.807) is 6.07 Å². The molecule has 37 heavy (non-hydrogen) atoms. The van der Waals surface area contributed by atoms with Crippen molar-refractivity contribution in [3.63, 3.8) is 0 Å². The van der Waals surface area contributed by atoms with Crippen LogP contribution in [-0.4, -0.2) is 69.8 Å². The zero-order valence-electron chi connectivity index (χ0n) is 21.9. The Morgan fingerprint density at radius 1 is 1.19 bits per heavy atom. The van der Waals surface area contributed by atoms with Crippen LogP contribution in [0.15, 0.2) is 36.4 Å². The van der Waals surface area contributed by atoms with Crippen LogP contribution in [0.5, 0.6) is 11.5 Å². The van der Waals surface area contributed by atoms with Crippen LogP contribution in [0.25, 0.3) is 0 Å². The van der Waals surface area contributed by atoms with Crippen LogP contribution in [0.4, 0.5) is 0 Å². The van der Waals surface area contributed by atoms with Gasteiger partial charge in [0.1, 0.15) is 6.10 Å². The predicted molar refractivity (Wildman–Crippen MR) is 141 cm³/mol. The molecule has 3 aliphatic carbocycles. The van der Waals surface area contributed by atoms with E-state index in [2.05, 4.69) is 30.0 Å². The second-order valence-electron chi connectivity index (χ2n) is 12.4. The lowest BCUT2D eigenvalue weighted by molar-refractivity contribution is -0.200. The first-order valence-corrected chi connectivity index (χ1v) is 14.1. The Kier molecular flexibility index (Phi) is 5.22. The molecule has 2 bridgehead atoms. The normalized spacial score (nSPS) is 33.5. The van der Waals surface area contributed by atoms with Gasteiger partial charge in [0.25, 0.3) is 0 Å². The monoisotopic (exact) mass is 502 g/mol. The fourth-order valence-electron chi connectivity index (χ4n) is 8.33. The number of aliphatic hydroxyl groups is 1. The van der Waals surface area contributed by atoms with E-state index in [1.165, 1.54) is 29.5 Å². The molecule has 2 unspecified atom stereocenters. The molecular formula is C31H38N2O4. The molecule has 2 saturated carbocycles. The van der Waals surface area contributed by atoms with Crippen LogP contribution in [0.3, 0.4) is 0 Å². The lowest BCUT2D eigenvalue weighted by Gasteiger charge is -2.64. The third kappa shape index (κ3) is 3.34. The Morgan fingerprint density at radius 2 is 2.03 bits per heavy atom. The Morgan fingerprint density at radius 3 is 2.81 bits per heavy atom. The number of likely N-dealkylation sites (N-methyl/N-ethyl adjacent to an activating group) is 1. The largest absolute Gasteiger partial charge is 0.504 e. The fourth-order valence-corrected chi connectivity index (χ4v) is 8.33. The van der Waals surface area contributed by atoms with Crippen LogP contribution in [0.2, 0.25) is 0 Å². The zero-order chi connectivity index (χ0) is 25.5. The minimum atomic E-state index is -0.918. The summed E-state index contributed by atoms with van der Waals surface area (Å²) in [5, 5.41) is 23.5. The summed E-state index contributed by atoms with van der Waals surface area (Å²) >= 11 is 0. The van der Waals surface area contributed by atoms with E-state index in [1.807, 2.05) is 24.1 Å². The van der Waals surface area contributed by atoms with Crippen molar-refractivity contribution in [1.82, 2.24) is 9.80 Å². The van der Waals surface area contributed by atoms with Gasteiger partial charge in [-0.15, -0.1) is 0 Å². The molecule has 3 fully saturated rings. The topological polar surface area (TPSA) is 73.2 Å². The number of ether oxygens (including phenoxy) is 1. The van der Waals surface area contributed by atoms with Crippen molar-refractivity contribution < 1.29 is 19.7 Å². The SMILES string of the molecule is Cc1cccc(CCC(=O)N(C)C2CC[C@@]3(O)[C@H]4Cc5ccc(O)c6c5[C@@]3(CCN4CC3CC3)C2O6)c1. The average Bonchev–Trinajstić information content (AvgIpc) is 3.62. The third-order valence-corrected chi connectivity index (χ3v) is 10.3. The van der Waals surface area contributed by atoms with E-state index in [0.717, 1.165) is 37.4 Å². The van der Waals surface area contributed by atoms with Crippen LogP contribution in [0, 0.1) is 12.8 Å². The summed E-state index contributed by atoms with van der Waals surface area (Å²) in [6.45, 7) is 4.07. The lowest BCUT2D eigenvalue weighted by Crippen LogP contribution is -2.78. The summed E-state index contributed by atoms with van der Waals surface area (Å²) < 4.78 is 6.64. The molecule has 5 atom stereocenters. The number of amides is 1. The minimum Gasteiger partial charge on any atom is -0.504 e. The first kappa shape index (κ1) is 23.5. The molecule has 6 nitrogen and oxygen atoms in total. The van der Waals surface area contributed by atoms with Crippen LogP contribution >= 0.6 is 0 Å². The Balaban J connectivity index is 1.21. The van der Waals surface area contributed by atoms with Crippen molar-refractivity contribution in [2.24, 2.45) is 5.92 Å². The highest BCUT2D eigenvalue weighted by Gasteiger charge is 2.73. The molecule has 1 amide bonds. The van der Waals surface area contributed by atoms with Crippen molar-refractivity contribution >= 4 is 5.91 Å². The second kappa shape index (κ2) is 8.21. The van der Waals surface area contributed by atoms with Gasteiger partial charge in [-0.05, 0) is 81.5 Å². The molecule has 0 radical (unpaired) electrons. The fraction of sp³-hybridized carbons (Fsp3) is 0.581. The first-order valence-electron chi connectivity index (χ1n) is 14.1. The van der Waals surface area contributed by atoms with Gasteiger partial charge >= 0.3 is 0 Å². The molecule has 2 N–H and O–H groups in total. The number of piperidine rings is 1. The molecule has 2 aliphatic heterocycles. The highest BCUT2D eigenvalue weighted by atomic mass is 16.5. The van der Waals surface area contributed by atoms with Crippen molar-refractivity contribution in [3.8, 4) is 11.5 Å². The van der Waals surface area contributed by atoms with Gasteiger partial charge in [-0.2, -0.15) is 0 Å². The second-order valence-corrected chi connectivity index (χ2v) is 12.4. The van der Waals surface area contributed by atoms with Crippen molar-refractivity contribution in [3.05, 3.63) is 58.7 Å². The number of carbonyl (C=O) groups excluding carboxylic acids is 1. The number of phenols is 1. The van der Waals surface area contributed by atoms with Crippen molar-refractivity contribution in [1.29, 1.82) is 0 Å². The summed E-state index contributed by atoms with van der Waals surface area (Å²) in [5.74, 6) is 1.56. The van der Waals surface area contributed by atoms with Gasteiger partial charge in [-0.25, -0.2) is 0 Å². The summed E-state index contributed by atoms with van der Waals surface area (Å²) in [6.07, 6.45) is 6.33. The number of aromatic hydroxyl groups is 1. The first-order chi connectivity index (χ1) is 17.8. The molecule has 196 valence electrons. The van der Waals surface area contributed by atoms with Gasteiger partial charge in [0, 0.05) is 31.6 Å². The van der Waals surface area contributed by atoms with Gasteiger partial charge in [-0.1, -0.05) is 35.9 Å². The number of hydrogen-bond donors (Lipinski definition) is 2. The molecule has 7 rings (SSSR count). The maximum Gasteiger partial charge on any atom is 0.223 e. The number of nitrogens with zero attached hydrogens (tertiary/aromatic N) is 2. The van der Waals surface area contributed by atoms with Crippen LogP contribution < -0.4 is 4.74 Å². The van der Waals surface area contributed by atoms with Crippen molar-refractivity contribution in [2.75, 3.05) is 20.1 Å². The smallest absolute Gasteiger partial charge is 0.223 e. The zero-order valence-corrected chi connectivity index (χ0v) is 21.9. The van der Waals surface area contributed by atoms with E-state index in [4.69, 9.17) is 4.74 Å². The Labute approximate surface area is 219 Å². The molecule has 6 heteroatoms. The number of aryl methyl sites for hydroxylation is 2. The number of hydrogen-bond acceptors (Lipinski definition) is 5. The molecule has 2 heterocycles. The number of carbonyl (C=O) groups is 1. The number of rotatable bonds is 6.